The number of carbonyl (C=O) groups excluding carboxylic acids is 2. The fourth-order valence-corrected chi connectivity index (χ4v) is 3.07. The Balaban J connectivity index is 1.72. The van der Waals surface area contributed by atoms with Crippen molar-refractivity contribution in [3.63, 3.8) is 0 Å². The summed E-state index contributed by atoms with van der Waals surface area (Å²) in [5, 5.41) is 0. The van der Waals surface area contributed by atoms with Gasteiger partial charge in [0.1, 0.15) is 17.1 Å². The number of rotatable bonds is 4. The normalized spacial score (nSPS) is 14.4. The van der Waals surface area contributed by atoms with Crippen LogP contribution >= 0.6 is 0 Å². The van der Waals surface area contributed by atoms with Crippen LogP contribution in [0.1, 0.15) is 56.7 Å². The van der Waals surface area contributed by atoms with Crippen molar-refractivity contribution in [1.29, 1.82) is 0 Å². The van der Waals surface area contributed by atoms with Crippen LogP contribution in [0, 0.1) is 13.8 Å². The van der Waals surface area contributed by atoms with Crippen molar-refractivity contribution in [3.05, 3.63) is 58.0 Å². The molecule has 0 spiro atoms. The Hall–Kier alpha value is -2.36. The molecule has 1 aliphatic rings. The van der Waals surface area contributed by atoms with Crippen LogP contribution in [0.3, 0.4) is 0 Å². The first-order valence-electron chi connectivity index (χ1n) is 7.89. The van der Waals surface area contributed by atoms with E-state index in [1.807, 2.05) is 18.2 Å². The molecule has 0 saturated heterocycles. The van der Waals surface area contributed by atoms with E-state index >= 15 is 0 Å². The van der Waals surface area contributed by atoms with Crippen molar-refractivity contribution in [1.82, 2.24) is 0 Å². The topological polar surface area (TPSA) is 56.5 Å². The molecule has 4 heteroatoms. The molecule has 1 aliphatic carbocycles. The Morgan fingerprint density at radius 1 is 1.13 bits per heavy atom. The van der Waals surface area contributed by atoms with Gasteiger partial charge in [0.05, 0.1) is 0 Å². The van der Waals surface area contributed by atoms with Gasteiger partial charge in [0.2, 0.25) is 5.78 Å². The second-order valence-electron chi connectivity index (χ2n) is 6.08. The first kappa shape index (κ1) is 15.5. The SMILES string of the molecule is Cc1cc(C(=O)OC(C)C(=O)c2ccc3c(c2)CCC3)c(C)o1. The highest BCUT2D eigenvalue weighted by atomic mass is 16.5. The third-order valence-electron chi connectivity index (χ3n) is 4.30. The van der Waals surface area contributed by atoms with Gasteiger partial charge in [-0.2, -0.15) is 0 Å². The van der Waals surface area contributed by atoms with Crippen LogP contribution in [0.25, 0.3) is 0 Å². The number of hydrogen-bond donors (Lipinski definition) is 0. The van der Waals surface area contributed by atoms with Gasteiger partial charge in [-0.1, -0.05) is 12.1 Å². The Morgan fingerprint density at radius 3 is 2.57 bits per heavy atom. The van der Waals surface area contributed by atoms with Gasteiger partial charge >= 0.3 is 5.97 Å². The lowest BCUT2D eigenvalue weighted by molar-refractivity contribution is 0.0317. The molecule has 3 rings (SSSR count). The molecule has 1 heterocycles. The second-order valence-corrected chi connectivity index (χ2v) is 6.08. The molecular formula is C19H20O4. The number of Topliss-reactive ketones (excluding diaryl/α,β-unsaturated/α-hetero) is 1. The fraction of sp³-hybridized carbons (Fsp3) is 0.368. The molecule has 1 unspecified atom stereocenters. The number of carbonyl (C=O) groups is 2. The van der Waals surface area contributed by atoms with E-state index in [1.54, 1.807) is 26.8 Å². The lowest BCUT2D eigenvalue weighted by Gasteiger charge is -2.13. The number of benzene rings is 1. The van der Waals surface area contributed by atoms with E-state index in [4.69, 9.17) is 9.15 Å². The Bertz CT molecular complexity index is 770. The molecule has 0 bridgehead atoms. The summed E-state index contributed by atoms with van der Waals surface area (Å²) >= 11 is 0. The Morgan fingerprint density at radius 2 is 1.87 bits per heavy atom. The molecule has 0 aliphatic heterocycles. The monoisotopic (exact) mass is 312 g/mol. The lowest BCUT2D eigenvalue weighted by atomic mass is 10.0. The van der Waals surface area contributed by atoms with E-state index in [-0.39, 0.29) is 5.78 Å². The van der Waals surface area contributed by atoms with Gasteiger partial charge < -0.3 is 9.15 Å². The molecule has 1 atom stereocenters. The van der Waals surface area contributed by atoms with E-state index in [0.29, 0.717) is 22.6 Å². The van der Waals surface area contributed by atoms with Gasteiger partial charge in [0.25, 0.3) is 0 Å². The van der Waals surface area contributed by atoms with Crippen LogP contribution in [0.15, 0.2) is 28.7 Å². The molecule has 4 nitrogen and oxygen atoms in total. The zero-order valence-electron chi connectivity index (χ0n) is 13.6. The number of esters is 1. The van der Waals surface area contributed by atoms with Crippen LogP contribution in [0.5, 0.6) is 0 Å². The van der Waals surface area contributed by atoms with Crippen molar-refractivity contribution in [2.24, 2.45) is 0 Å². The smallest absolute Gasteiger partial charge is 0.342 e. The molecule has 0 fully saturated rings. The van der Waals surface area contributed by atoms with Crippen molar-refractivity contribution >= 4 is 11.8 Å². The maximum atomic E-state index is 12.5. The molecule has 0 N–H and O–H groups in total. The quantitative estimate of drug-likeness (QED) is 0.636. The number of fused-ring (bicyclic) bond motifs is 1. The van der Waals surface area contributed by atoms with Crippen molar-refractivity contribution in [2.75, 3.05) is 0 Å². The van der Waals surface area contributed by atoms with Gasteiger partial charge in [-0.05, 0) is 63.3 Å². The van der Waals surface area contributed by atoms with E-state index < -0.39 is 12.1 Å². The average molecular weight is 312 g/mol. The first-order valence-corrected chi connectivity index (χ1v) is 7.89. The van der Waals surface area contributed by atoms with Crippen LogP contribution in [-0.2, 0) is 17.6 Å². The summed E-state index contributed by atoms with van der Waals surface area (Å²) in [5.41, 5.74) is 3.52. The van der Waals surface area contributed by atoms with Crippen LogP contribution in [0.2, 0.25) is 0 Å². The number of ether oxygens (including phenoxy) is 1. The Kier molecular flexibility index (Phi) is 4.07. The summed E-state index contributed by atoms with van der Waals surface area (Å²) < 4.78 is 10.6. The summed E-state index contributed by atoms with van der Waals surface area (Å²) in [6.07, 6.45) is 2.40. The van der Waals surface area contributed by atoms with Gasteiger partial charge in [-0.15, -0.1) is 0 Å². The summed E-state index contributed by atoms with van der Waals surface area (Å²) in [5.74, 6) is 0.448. The summed E-state index contributed by atoms with van der Waals surface area (Å²) in [7, 11) is 0. The predicted octanol–water partition coefficient (Wildman–Crippen LogP) is 3.81. The lowest BCUT2D eigenvalue weighted by Crippen LogP contribution is -2.24. The minimum atomic E-state index is -0.823. The minimum absolute atomic E-state index is 0.175. The van der Waals surface area contributed by atoms with Gasteiger partial charge in [0, 0.05) is 5.56 Å². The van der Waals surface area contributed by atoms with Crippen molar-refractivity contribution in [2.45, 2.75) is 46.1 Å². The largest absolute Gasteiger partial charge is 0.466 e. The molecule has 1 aromatic carbocycles. The molecule has 120 valence electrons. The van der Waals surface area contributed by atoms with Crippen LogP contribution in [0.4, 0.5) is 0 Å². The summed E-state index contributed by atoms with van der Waals surface area (Å²) in [6.45, 7) is 5.08. The molecule has 1 aromatic heterocycles. The molecule has 2 aromatic rings. The third kappa shape index (κ3) is 3.07. The van der Waals surface area contributed by atoms with Gasteiger partial charge in [0.15, 0.2) is 6.10 Å². The average Bonchev–Trinajstić information content (AvgIpc) is 3.11. The highest BCUT2D eigenvalue weighted by molar-refractivity contribution is 6.01. The van der Waals surface area contributed by atoms with Gasteiger partial charge in [-0.25, -0.2) is 4.79 Å². The zero-order chi connectivity index (χ0) is 16.6. The van der Waals surface area contributed by atoms with E-state index in [2.05, 4.69) is 0 Å². The van der Waals surface area contributed by atoms with E-state index in [9.17, 15) is 9.59 Å². The highest BCUT2D eigenvalue weighted by Gasteiger charge is 2.24. The van der Waals surface area contributed by atoms with E-state index in [0.717, 1.165) is 19.3 Å². The molecule has 0 radical (unpaired) electrons. The molecular weight excluding hydrogens is 292 g/mol. The fourth-order valence-electron chi connectivity index (χ4n) is 3.07. The van der Waals surface area contributed by atoms with Gasteiger partial charge in [-0.3, -0.25) is 4.79 Å². The van der Waals surface area contributed by atoms with Crippen LogP contribution < -0.4 is 0 Å². The summed E-state index contributed by atoms with van der Waals surface area (Å²) in [4.78, 5) is 24.7. The minimum Gasteiger partial charge on any atom is -0.466 e. The molecule has 23 heavy (non-hydrogen) atoms. The highest BCUT2D eigenvalue weighted by Crippen LogP contribution is 2.24. The molecule has 0 saturated carbocycles. The Labute approximate surface area is 135 Å². The van der Waals surface area contributed by atoms with Crippen molar-refractivity contribution in [3.8, 4) is 0 Å². The molecule has 0 amide bonds. The van der Waals surface area contributed by atoms with Crippen LogP contribution in [-0.4, -0.2) is 17.9 Å². The summed E-state index contributed by atoms with van der Waals surface area (Å²) in [6, 6.07) is 7.39. The number of furan rings is 1. The first-order chi connectivity index (χ1) is 11.0. The zero-order valence-corrected chi connectivity index (χ0v) is 13.6. The third-order valence-corrected chi connectivity index (χ3v) is 4.30. The standard InChI is InChI=1S/C19H20O4/c1-11-9-17(12(2)22-11)19(21)23-13(3)18(20)16-8-7-14-5-4-6-15(14)10-16/h7-10,13H,4-6H2,1-3H3. The van der Waals surface area contributed by atoms with Crippen molar-refractivity contribution < 1.29 is 18.7 Å². The number of hydrogen-bond acceptors (Lipinski definition) is 4. The predicted molar refractivity (Wildman–Crippen MR) is 85.9 cm³/mol. The number of ketones is 1. The maximum Gasteiger partial charge on any atom is 0.342 e. The van der Waals surface area contributed by atoms with E-state index in [1.165, 1.54) is 11.1 Å². The maximum absolute atomic E-state index is 12.5. The number of aryl methyl sites for hydroxylation is 4. The second kappa shape index (κ2) is 6.03.